The molecule has 2 nitrogen and oxygen atoms in total. The lowest BCUT2D eigenvalue weighted by molar-refractivity contribution is -0.0292. The van der Waals surface area contributed by atoms with Crippen LogP contribution in [0.4, 0.5) is 0 Å². The molecule has 0 aromatic carbocycles. The maximum absolute atomic E-state index is 9.68. The van der Waals surface area contributed by atoms with Crippen molar-refractivity contribution in [1.82, 2.24) is 0 Å². The molecule has 0 bridgehead atoms. The van der Waals surface area contributed by atoms with E-state index < -0.39 is 0 Å². The molecule has 0 radical (unpaired) electrons. The van der Waals surface area contributed by atoms with Crippen molar-refractivity contribution in [1.29, 1.82) is 0 Å². The van der Waals surface area contributed by atoms with Crippen molar-refractivity contribution in [3.63, 3.8) is 0 Å². The predicted octanol–water partition coefficient (Wildman–Crippen LogP) is 1.55. The van der Waals surface area contributed by atoms with Gasteiger partial charge in [0, 0.05) is 0 Å². The molecule has 0 heterocycles. The third kappa shape index (κ3) is 2.20. The van der Waals surface area contributed by atoms with E-state index in [4.69, 9.17) is 0 Å². The van der Waals surface area contributed by atoms with Crippen molar-refractivity contribution in [2.24, 2.45) is 11.8 Å². The normalized spacial score (nSPS) is 43.0. The van der Waals surface area contributed by atoms with Gasteiger partial charge in [0.15, 0.2) is 0 Å². The summed E-state index contributed by atoms with van der Waals surface area (Å²) in [5, 5.41) is 19.3. The Morgan fingerprint density at radius 1 is 1.17 bits per heavy atom. The molecule has 1 aliphatic rings. The highest BCUT2D eigenvalue weighted by molar-refractivity contribution is 4.83. The van der Waals surface area contributed by atoms with Crippen molar-refractivity contribution in [2.75, 3.05) is 0 Å². The molecule has 0 saturated heterocycles. The van der Waals surface area contributed by atoms with Crippen LogP contribution in [0.3, 0.4) is 0 Å². The Hall–Kier alpha value is -0.0800. The van der Waals surface area contributed by atoms with E-state index >= 15 is 0 Å². The van der Waals surface area contributed by atoms with E-state index in [1.54, 1.807) is 0 Å². The van der Waals surface area contributed by atoms with Gasteiger partial charge in [-0.2, -0.15) is 0 Å². The molecule has 4 atom stereocenters. The molecular weight excluding hydrogens is 152 g/mol. The van der Waals surface area contributed by atoms with E-state index in [-0.39, 0.29) is 18.1 Å². The van der Waals surface area contributed by atoms with Crippen molar-refractivity contribution >= 4 is 0 Å². The third-order valence-electron chi connectivity index (χ3n) is 3.02. The lowest BCUT2D eigenvalue weighted by Gasteiger charge is -2.35. The van der Waals surface area contributed by atoms with Crippen molar-refractivity contribution in [3.05, 3.63) is 0 Å². The quantitative estimate of drug-likeness (QED) is 0.663. The number of rotatable bonds is 2. The molecule has 2 heteroatoms. The molecule has 1 aliphatic carbocycles. The van der Waals surface area contributed by atoms with E-state index in [1.165, 1.54) is 0 Å². The van der Waals surface area contributed by atoms with Crippen LogP contribution in [-0.4, -0.2) is 22.4 Å². The van der Waals surface area contributed by atoms with Gasteiger partial charge in [-0.05, 0) is 31.1 Å². The Morgan fingerprint density at radius 3 is 2.42 bits per heavy atom. The summed E-state index contributed by atoms with van der Waals surface area (Å²) in [4.78, 5) is 0. The molecule has 2 N–H and O–H groups in total. The van der Waals surface area contributed by atoms with Crippen LogP contribution in [0, 0.1) is 11.8 Å². The Bertz CT molecular complexity index is 136. The molecule has 0 aliphatic heterocycles. The smallest absolute Gasteiger partial charge is 0.0572 e. The van der Waals surface area contributed by atoms with Crippen molar-refractivity contribution in [2.45, 2.75) is 51.7 Å². The minimum atomic E-state index is -0.190. The van der Waals surface area contributed by atoms with Gasteiger partial charge in [-0.1, -0.05) is 20.3 Å². The highest BCUT2D eigenvalue weighted by Crippen LogP contribution is 2.31. The Morgan fingerprint density at radius 2 is 1.83 bits per heavy atom. The topological polar surface area (TPSA) is 40.5 Å². The number of aliphatic hydroxyl groups is 2. The molecule has 0 aromatic rings. The SMILES string of the molecule is CCC[C@@H]1C[C@H](O)[C@@H](C)C[C@@H]1O. The summed E-state index contributed by atoms with van der Waals surface area (Å²) in [6.45, 7) is 4.13. The van der Waals surface area contributed by atoms with Crippen LogP contribution in [0.5, 0.6) is 0 Å². The molecule has 1 fully saturated rings. The Kier molecular flexibility index (Phi) is 3.53. The summed E-state index contributed by atoms with van der Waals surface area (Å²) >= 11 is 0. The number of hydrogen-bond donors (Lipinski definition) is 2. The fraction of sp³-hybridized carbons (Fsp3) is 1.00. The van der Waals surface area contributed by atoms with E-state index in [1.807, 2.05) is 6.92 Å². The zero-order chi connectivity index (χ0) is 9.14. The molecule has 1 saturated carbocycles. The standard InChI is InChI=1S/C10H20O2/c1-3-4-8-6-9(11)7(2)5-10(8)12/h7-12H,3-6H2,1-2H3/t7-,8+,9-,10-/m0/s1. The summed E-state index contributed by atoms with van der Waals surface area (Å²) < 4.78 is 0. The van der Waals surface area contributed by atoms with Crippen LogP contribution < -0.4 is 0 Å². The predicted molar refractivity (Wildman–Crippen MR) is 48.8 cm³/mol. The van der Waals surface area contributed by atoms with Gasteiger partial charge >= 0.3 is 0 Å². The van der Waals surface area contributed by atoms with Crippen molar-refractivity contribution in [3.8, 4) is 0 Å². The number of hydrogen-bond acceptors (Lipinski definition) is 2. The van der Waals surface area contributed by atoms with E-state index in [0.29, 0.717) is 5.92 Å². The maximum Gasteiger partial charge on any atom is 0.0572 e. The van der Waals surface area contributed by atoms with E-state index in [2.05, 4.69) is 6.92 Å². The molecule has 0 unspecified atom stereocenters. The summed E-state index contributed by atoms with van der Waals surface area (Å²) in [5.41, 5.74) is 0. The molecule has 0 aromatic heterocycles. The summed E-state index contributed by atoms with van der Waals surface area (Å²) in [5.74, 6) is 0.606. The van der Waals surface area contributed by atoms with Gasteiger partial charge in [-0.15, -0.1) is 0 Å². The molecule has 0 spiro atoms. The zero-order valence-corrected chi connectivity index (χ0v) is 8.03. The molecular formula is C10H20O2. The second-order valence-corrected chi connectivity index (χ2v) is 4.13. The van der Waals surface area contributed by atoms with Gasteiger partial charge in [-0.25, -0.2) is 0 Å². The van der Waals surface area contributed by atoms with Crippen LogP contribution in [0.15, 0.2) is 0 Å². The summed E-state index contributed by atoms with van der Waals surface area (Å²) in [7, 11) is 0. The molecule has 1 rings (SSSR count). The highest BCUT2D eigenvalue weighted by Gasteiger charge is 2.31. The first kappa shape index (κ1) is 10.0. The zero-order valence-electron chi connectivity index (χ0n) is 8.03. The van der Waals surface area contributed by atoms with Gasteiger partial charge in [0.1, 0.15) is 0 Å². The lowest BCUT2D eigenvalue weighted by atomic mass is 9.77. The van der Waals surface area contributed by atoms with Gasteiger partial charge < -0.3 is 10.2 Å². The van der Waals surface area contributed by atoms with Gasteiger partial charge in [0.05, 0.1) is 12.2 Å². The monoisotopic (exact) mass is 172 g/mol. The minimum absolute atomic E-state index is 0.177. The first-order valence-corrected chi connectivity index (χ1v) is 5.01. The Labute approximate surface area is 74.6 Å². The van der Waals surface area contributed by atoms with Crippen LogP contribution in [0.2, 0.25) is 0 Å². The first-order chi connectivity index (χ1) is 5.65. The molecule has 12 heavy (non-hydrogen) atoms. The maximum atomic E-state index is 9.68. The summed E-state index contributed by atoms with van der Waals surface area (Å²) in [6, 6.07) is 0. The summed E-state index contributed by atoms with van der Waals surface area (Å²) in [6.07, 6.45) is 3.34. The van der Waals surface area contributed by atoms with Crippen LogP contribution in [0.25, 0.3) is 0 Å². The van der Waals surface area contributed by atoms with Crippen LogP contribution in [-0.2, 0) is 0 Å². The second-order valence-electron chi connectivity index (χ2n) is 4.13. The first-order valence-electron chi connectivity index (χ1n) is 5.01. The minimum Gasteiger partial charge on any atom is -0.393 e. The highest BCUT2D eigenvalue weighted by atomic mass is 16.3. The average Bonchev–Trinajstić information content (AvgIpc) is 2.01. The van der Waals surface area contributed by atoms with Gasteiger partial charge in [0.25, 0.3) is 0 Å². The lowest BCUT2D eigenvalue weighted by Crippen LogP contribution is -2.37. The molecule has 0 amide bonds. The third-order valence-corrected chi connectivity index (χ3v) is 3.02. The van der Waals surface area contributed by atoms with E-state index in [0.717, 1.165) is 25.7 Å². The fourth-order valence-electron chi connectivity index (χ4n) is 2.11. The largest absolute Gasteiger partial charge is 0.393 e. The number of aliphatic hydroxyl groups excluding tert-OH is 2. The second kappa shape index (κ2) is 4.24. The van der Waals surface area contributed by atoms with Crippen LogP contribution >= 0.6 is 0 Å². The van der Waals surface area contributed by atoms with Gasteiger partial charge in [-0.3, -0.25) is 0 Å². The van der Waals surface area contributed by atoms with Gasteiger partial charge in [0.2, 0.25) is 0 Å². The van der Waals surface area contributed by atoms with Crippen molar-refractivity contribution < 1.29 is 10.2 Å². The average molecular weight is 172 g/mol. The van der Waals surface area contributed by atoms with E-state index in [9.17, 15) is 10.2 Å². The molecule has 72 valence electrons. The van der Waals surface area contributed by atoms with Crippen LogP contribution in [0.1, 0.15) is 39.5 Å². The Balaban J connectivity index is 2.43. The fourth-order valence-corrected chi connectivity index (χ4v) is 2.11.